The van der Waals surface area contributed by atoms with Gasteiger partial charge in [0.15, 0.2) is 0 Å². The summed E-state index contributed by atoms with van der Waals surface area (Å²) >= 11 is 0. The molecule has 2 aromatic rings. The van der Waals surface area contributed by atoms with Crippen LogP contribution >= 0.6 is 0 Å². The quantitative estimate of drug-likeness (QED) is 0.752. The van der Waals surface area contributed by atoms with Crippen LogP contribution in [-0.4, -0.2) is 33.7 Å². The van der Waals surface area contributed by atoms with Crippen LogP contribution in [0.3, 0.4) is 0 Å². The van der Waals surface area contributed by atoms with Gasteiger partial charge < -0.3 is 10.1 Å². The van der Waals surface area contributed by atoms with Crippen LogP contribution in [0.1, 0.15) is 24.5 Å². The maximum Gasteiger partial charge on any atom is 0.244 e. The number of amides is 1. The first kappa shape index (κ1) is 20.8. The summed E-state index contributed by atoms with van der Waals surface area (Å²) in [7, 11) is -2.11. The predicted octanol–water partition coefficient (Wildman–Crippen LogP) is 2.86. The van der Waals surface area contributed by atoms with E-state index in [-0.39, 0.29) is 5.91 Å². The van der Waals surface area contributed by atoms with Gasteiger partial charge in [0.05, 0.1) is 19.1 Å². The second kappa shape index (κ2) is 8.90. The molecule has 0 aliphatic rings. The maximum absolute atomic E-state index is 12.8. The van der Waals surface area contributed by atoms with E-state index in [2.05, 4.69) is 5.32 Å². The topological polar surface area (TPSA) is 75.7 Å². The second-order valence-electron chi connectivity index (χ2n) is 6.39. The van der Waals surface area contributed by atoms with Crippen LogP contribution in [0.15, 0.2) is 48.5 Å². The van der Waals surface area contributed by atoms with Gasteiger partial charge in [0.1, 0.15) is 11.8 Å². The van der Waals surface area contributed by atoms with Crippen molar-refractivity contribution in [2.45, 2.75) is 32.9 Å². The lowest BCUT2D eigenvalue weighted by Gasteiger charge is -2.30. The number of aryl methyl sites for hydroxylation is 1. The summed E-state index contributed by atoms with van der Waals surface area (Å²) in [5.41, 5.74) is 2.49. The van der Waals surface area contributed by atoms with Gasteiger partial charge in [-0.05, 0) is 43.2 Å². The third kappa shape index (κ3) is 5.47. The van der Waals surface area contributed by atoms with Gasteiger partial charge in [-0.25, -0.2) is 8.42 Å². The Morgan fingerprint density at radius 2 is 1.85 bits per heavy atom. The first-order valence-corrected chi connectivity index (χ1v) is 10.6. The molecule has 0 heterocycles. The Balaban J connectivity index is 2.24. The largest absolute Gasteiger partial charge is 0.497 e. The summed E-state index contributed by atoms with van der Waals surface area (Å²) < 4.78 is 31.1. The molecule has 2 rings (SSSR count). The van der Waals surface area contributed by atoms with E-state index in [4.69, 9.17) is 4.74 Å². The molecular weight excluding hydrogens is 364 g/mol. The van der Waals surface area contributed by atoms with Crippen LogP contribution in [0.25, 0.3) is 0 Å². The van der Waals surface area contributed by atoms with Crippen molar-refractivity contribution in [3.63, 3.8) is 0 Å². The monoisotopic (exact) mass is 390 g/mol. The van der Waals surface area contributed by atoms with E-state index in [1.54, 1.807) is 31.2 Å². The fourth-order valence-corrected chi connectivity index (χ4v) is 4.13. The molecule has 1 atom stereocenters. The fourth-order valence-electron chi connectivity index (χ4n) is 2.92. The first-order chi connectivity index (χ1) is 12.8. The van der Waals surface area contributed by atoms with Crippen molar-refractivity contribution in [3.05, 3.63) is 59.7 Å². The Kier molecular flexibility index (Phi) is 6.85. The molecule has 0 radical (unpaired) electrons. The Hall–Kier alpha value is -2.54. The van der Waals surface area contributed by atoms with Gasteiger partial charge >= 0.3 is 0 Å². The number of carbonyl (C=O) groups is 1. The molecule has 0 saturated carbocycles. The number of hydrogen-bond donors (Lipinski definition) is 1. The lowest BCUT2D eigenvalue weighted by Crippen LogP contribution is -2.49. The van der Waals surface area contributed by atoms with Crippen molar-refractivity contribution in [2.75, 3.05) is 17.7 Å². The number of nitrogens with zero attached hydrogens (tertiary/aromatic N) is 1. The number of carbonyl (C=O) groups excluding carboxylic acids is 1. The highest BCUT2D eigenvalue weighted by Gasteiger charge is 2.31. The molecule has 0 unspecified atom stereocenters. The molecule has 0 bridgehead atoms. The lowest BCUT2D eigenvalue weighted by molar-refractivity contribution is -0.122. The average Bonchev–Trinajstić information content (AvgIpc) is 2.63. The number of rotatable bonds is 8. The molecule has 1 N–H and O–H groups in total. The highest BCUT2D eigenvalue weighted by Crippen LogP contribution is 2.25. The standard InChI is InChI=1S/C20H26N2O4S/c1-5-19(20(23)21-14-16-8-6-7-15(2)13-16)22(27(4,24)25)17-9-11-18(26-3)12-10-17/h6-13,19H,5,14H2,1-4H3,(H,21,23)/t19-/m0/s1. The van der Waals surface area contributed by atoms with Gasteiger partial charge in [0.2, 0.25) is 15.9 Å². The highest BCUT2D eigenvalue weighted by molar-refractivity contribution is 7.92. The summed E-state index contributed by atoms with van der Waals surface area (Å²) in [5, 5.41) is 2.85. The summed E-state index contributed by atoms with van der Waals surface area (Å²) in [6.45, 7) is 4.12. The van der Waals surface area contributed by atoms with Crippen LogP contribution in [0.2, 0.25) is 0 Å². The molecule has 0 aromatic heterocycles. The van der Waals surface area contributed by atoms with Crippen molar-refractivity contribution in [2.24, 2.45) is 0 Å². The molecule has 146 valence electrons. The highest BCUT2D eigenvalue weighted by atomic mass is 32.2. The molecule has 2 aromatic carbocycles. The van der Waals surface area contributed by atoms with Gasteiger partial charge in [-0.2, -0.15) is 0 Å². The van der Waals surface area contributed by atoms with Crippen molar-refractivity contribution < 1.29 is 17.9 Å². The molecule has 0 aliphatic carbocycles. The lowest BCUT2D eigenvalue weighted by atomic mass is 10.1. The minimum Gasteiger partial charge on any atom is -0.497 e. The maximum atomic E-state index is 12.8. The molecule has 0 saturated heterocycles. The number of sulfonamides is 1. The first-order valence-electron chi connectivity index (χ1n) is 8.73. The van der Waals surface area contributed by atoms with Crippen LogP contribution in [-0.2, 0) is 21.4 Å². The van der Waals surface area contributed by atoms with Crippen molar-refractivity contribution in [3.8, 4) is 5.75 Å². The minimum absolute atomic E-state index is 0.333. The van der Waals surface area contributed by atoms with Crippen LogP contribution < -0.4 is 14.4 Å². The summed E-state index contributed by atoms with van der Waals surface area (Å²) in [4.78, 5) is 12.8. The van der Waals surface area contributed by atoms with E-state index in [1.165, 1.54) is 7.11 Å². The molecule has 27 heavy (non-hydrogen) atoms. The summed E-state index contributed by atoms with van der Waals surface area (Å²) in [5.74, 6) is 0.282. The van der Waals surface area contributed by atoms with Crippen molar-refractivity contribution >= 4 is 21.6 Å². The fraction of sp³-hybridized carbons (Fsp3) is 0.350. The molecule has 7 heteroatoms. The molecular formula is C20H26N2O4S. The molecule has 0 fully saturated rings. The smallest absolute Gasteiger partial charge is 0.244 e. The van der Waals surface area contributed by atoms with Gasteiger partial charge in [-0.15, -0.1) is 0 Å². The van der Waals surface area contributed by atoms with E-state index in [1.807, 2.05) is 31.2 Å². The molecule has 0 spiro atoms. The average molecular weight is 391 g/mol. The number of hydrogen-bond acceptors (Lipinski definition) is 4. The van der Waals surface area contributed by atoms with E-state index < -0.39 is 16.1 Å². The predicted molar refractivity (Wildman–Crippen MR) is 107 cm³/mol. The van der Waals surface area contributed by atoms with Crippen molar-refractivity contribution in [1.82, 2.24) is 5.32 Å². The van der Waals surface area contributed by atoms with Gasteiger partial charge in [0.25, 0.3) is 0 Å². The number of ether oxygens (including phenoxy) is 1. The molecule has 1 amide bonds. The van der Waals surface area contributed by atoms with E-state index in [0.717, 1.165) is 21.7 Å². The third-order valence-electron chi connectivity index (χ3n) is 4.21. The SMILES string of the molecule is CC[C@@H](C(=O)NCc1cccc(C)c1)N(c1ccc(OC)cc1)S(C)(=O)=O. The van der Waals surface area contributed by atoms with Gasteiger partial charge in [-0.3, -0.25) is 9.10 Å². The zero-order valence-electron chi connectivity index (χ0n) is 16.1. The summed E-state index contributed by atoms with van der Waals surface area (Å²) in [6, 6.07) is 13.6. The number of nitrogens with one attached hydrogen (secondary N) is 1. The van der Waals surface area contributed by atoms with Gasteiger partial charge in [0, 0.05) is 6.54 Å². The zero-order chi connectivity index (χ0) is 20.0. The Morgan fingerprint density at radius 1 is 1.19 bits per heavy atom. The summed E-state index contributed by atoms with van der Waals surface area (Å²) in [6.07, 6.45) is 1.45. The Bertz CT molecular complexity index is 879. The van der Waals surface area contributed by atoms with E-state index in [9.17, 15) is 13.2 Å². The van der Waals surface area contributed by atoms with E-state index in [0.29, 0.717) is 24.4 Å². The number of benzene rings is 2. The molecule has 6 nitrogen and oxygen atoms in total. The van der Waals surface area contributed by atoms with Gasteiger partial charge in [-0.1, -0.05) is 36.8 Å². The minimum atomic E-state index is -3.65. The zero-order valence-corrected chi connectivity index (χ0v) is 16.9. The van der Waals surface area contributed by atoms with Crippen LogP contribution in [0.5, 0.6) is 5.75 Å². The Labute approximate surface area is 161 Å². The number of methoxy groups -OCH3 is 1. The third-order valence-corrected chi connectivity index (χ3v) is 5.39. The Morgan fingerprint density at radius 3 is 2.37 bits per heavy atom. The van der Waals surface area contributed by atoms with E-state index >= 15 is 0 Å². The van der Waals surface area contributed by atoms with Crippen LogP contribution in [0.4, 0.5) is 5.69 Å². The number of anilines is 1. The second-order valence-corrected chi connectivity index (χ2v) is 8.25. The normalized spacial score (nSPS) is 12.3. The van der Waals surface area contributed by atoms with Crippen LogP contribution in [0, 0.1) is 6.92 Å². The molecule has 0 aliphatic heterocycles. The van der Waals surface area contributed by atoms with Crippen molar-refractivity contribution in [1.29, 1.82) is 0 Å².